The number of carbonyl (C=O) groups is 2. The Labute approximate surface area is 169 Å². The van der Waals surface area contributed by atoms with Gasteiger partial charge in [-0.3, -0.25) is 9.59 Å². The van der Waals surface area contributed by atoms with E-state index in [0.717, 1.165) is 11.1 Å². The van der Waals surface area contributed by atoms with Crippen LogP contribution in [0.2, 0.25) is 0 Å². The van der Waals surface area contributed by atoms with Gasteiger partial charge in [-0.1, -0.05) is 54.6 Å². The molecule has 144 valence electrons. The fraction of sp³-hybridized carbons (Fsp3) is 0.125. The molecule has 1 aliphatic carbocycles. The minimum atomic E-state index is -0.408. The smallest absolute Gasteiger partial charge is 0.312 e. The number of rotatable bonds is 4. The molecule has 29 heavy (non-hydrogen) atoms. The Bertz CT molecular complexity index is 1050. The molecule has 2 aliphatic rings. The van der Waals surface area contributed by atoms with Crippen molar-refractivity contribution in [3.8, 4) is 0 Å². The van der Waals surface area contributed by atoms with Crippen molar-refractivity contribution in [3.63, 3.8) is 0 Å². The number of nitrogens with zero attached hydrogens (tertiary/aromatic N) is 1. The molecule has 1 heterocycles. The molecule has 0 aromatic heterocycles. The number of aliphatic imine (C=N–C) groups is 1. The van der Waals surface area contributed by atoms with E-state index < -0.39 is 5.91 Å². The number of allylic oxidation sites excluding steroid dienone is 2. The molecule has 0 radical (unpaired) electrons. The van der Waals surface area contributed by atoms with Crippen LogP contribution in [0.15, 0.2) is 89.7 Å². The van der Waals surface area contributed by atoms with E-state index >= 15 is 0 Å². The topological polar surface area (TPSA) is 67.8 Å². The van der Waals surface area contributed by atoms with Crippen molar-refractivity contribution >= 4 is 23.6 Å². The van der Waals surface area contributed by atoms with Gasteiger partial charge in [0, 0.05) is 5.56 Å². The van der Waals surface area contributed by atoms with Crippen LogP contribution in [0.25, 0.3) is 6.08 Å². The highest BCUT2D eigenvalue weighted by Crippen LogP contribution is 2.21. The Balaban J connectivity index is 1.45. The molecule has 2 unspecified atom stereocenters. The Morgan fingerprint density at radius 1 is 1.10 bits per heavy atom. The number of amides is 2. The zero-order valence-electron chi connectivity index (χ0n) is 15.9. The molecule has 2 aromatic rings. The van der Waals surface area contributed by atoms with Gasteiger partial charge in [-0.15, -0.1) is 0 Å². The standard InChI is InChI=1S/C24H20N2O3/c1-16(18-7-3-2-4-8-18)25-23(27)19-13-11-17(12-14-19)15-22-24(28)26-20-9-5-6-10-21(20)29-22/h2-16,21H,1H3,(H,25,27)/b22-15-. The predicted octanol–water partition coefficient (Wildman–Crippen LogP) is 4.01. The third-order valence-electron chi connectivity index (χ3n) is 4.77. The van der Waals surface area contributed by atoms with Crippen molar-refractivity contribution in [2.75, 3.05) is 0 Å². The highest BCUT2D eigenvalue weighted by molar-refractivity contribution is 6.13. The summed E-state index contributed by atoms with van der Waals surface area (Å²) < 4.78 is 5.75. The quantitative estimate of drug-likeness (QED) is 0.810. The number of carbonyl (C=O) groups excluding carboxylic acids is 2. The lowest BCUT2D eigenvalue weighted by Gasteiger charge is -2.22. The minimum absolute atomic E-state index is 0.0941. The van der Waals surface area contributed by atoms with Crippen LogP contribution in [0.1, 0.15) is 34.5 Å². The van der Waals surface area contributed by atoms with Crippen LogP contribution in [0.3, 0.4) is 0 Å². The number of ether oxygens (including phenoxy) is 1. The van der Waals surface area contributed by atoms with Crippen LogP contribution < -0.4 is 5.32 Å². The average molecular weight is 384 g/mol. The molecule has 0 fully saturated rings. The summed E-state index contributed by atoms with van der Waals surface area (Å²) in [6.45, 7) is 1.95. The SMILES string of the molecule is CC(NC(=O)c1ccc(/C=C2\OC3C=CC=CC3=NC2=O)cc1)c1ccccc1. The summed E-state index contributed by atoms with van der Waals surface area (Å²) in [5, 5.41) is 2.99. The van der Waals surface area contributed by atoms with Crippen LogP contribution >= 0.6 is 0 Å². The Kier molecular flexibility index (Phi) is 5.20. The first kappa shape index (κ1) is 18.6. The summed E-state index contributed by atoms with van der Waals surface area (Å²) in [5.41, 5.74) is 2.96. The van der Waals surface area contributed by atoms with Crippen molar-refractivity contribution in [1.29, 1.82) is 0 Å². The third kappa shape index (κ3) is 4.24. The van der Waals surface area contributed by atoms with Gasteiger partial charge < -0.3 is 10.1 Å². The second-order valence-electron chi connectivity index (χ2n) is 6.86. The monoisotopic (exact) mass is 384 g/mol. The Hall–Kier alpha value is -3.73. The van der Waals surface area contributed by atoms with Gasteiger partial charge in [0.25, 0.3) is 5.91 Å². The van der Waals surface area contributed by atoms with Crippen molar-refractivity contribution in [3.05, 3.63) is 101 Å². The summed E-state index contributed by atoms with van der Waals surface area (Å²) in [4.78, 5) is 28.8. The van der Waals surface area contributed by atoms with E-state index in [4.69, 9.17) is 4.74 Å². The van der Waals surface area contributed by atoms with E-state index in [1.807, 2.05) is 55.5 Å². The summed E-state index contributed by atoms with van der Waals surface area (Å²) in [6.07, 6.45) is 8.60. The molecule has 4 rings (SSSR count). The molecule has 5 heteroatoms. The molecule has 2 atom stereocenters. The van der Waals surface area contributed by atoms with Gasteiger partial charge in [-0.25, -0.2) is 4.99 Å². The van der Waals surface area contributed by atoms with Gasteiger partial charge in [-0.2, -0.15) is 0 Å². The fourth-order valence-corrected chi connectivity index (χ4v) is 3.16. The van der Waals surface area contributed by atoms with E-state index in [1.54, 1.807) is 36.4 Å². The van der Waals surface area contributed by atoms with Gasteiger partial charge in [0.05, 0.1) is 11.8 Å². The number of benzene rings is 2. The molecule has 5 nitrogen and oxygen atoms in total. The highest BCUT2D eigenvalue weighted by atomic mass is 16.5. The van der Waals surface area contributed by atoms with Gasteiger partial charge in [0.1, 0.15) is 0 Å². The first-order valence-corrected chi connectivity index (χ1v) is 9.42. The van der Waals surface area contributed by atoms with Crippen molar-refractivity contribution < 1.29 is 14.3 Å². The largest absolute Gasteiger partial charge is 0.474 e. The lowest BCUT2D eigenvalue weighted by molar-refractivity contribution is -0.118. The average Bonchev–Trinajstić information content (AvgIpc) is 2.75. The fourth-order valence-electron chi connectivity index (χ4n) is 3.16. The van der Waals surface area contributed by atoms with E-state index in [2.05, 4.69) is 10.3 Å². The number of fused-ring (bicyclic) bond motifs is 1. The lowest BCUT2D eigenvalue weighted by atomic mass is 10.1. The normalized spacial score (nSPS) is 19.9. The minimum Gasteiger partial charge on any atom is -0.474 e. The predicted molar refractivity (Wildman–Crippen MR) is 112 cm³/mol. The molecule has 0 spiro atoms. The molecular formula is C24H20N2O3. The zero-order valence-corrected chi connectivity index (χ0v) is 15.9. The molecule has 1 aliphatic heterocycles. The molecule has 0 saturated heterocycles. The van der Waals surface area contributed by atoms with E-state index in [1.165, 1.54) is 0 Å². The summed E-state index contributed by atoms with van der Waals surface area (Å²) in [5.74, 6) is -0.373. The van der Waals surface area contributed by atoms with Gasteiger partial charge in [0.2, 0.25) is 0 Å². The molecule has 0 saturated carbocycles. The molecule has 1 N–H and O–H groups in total. The van der Waals surface area contributed by atoms with E-state index in [9.17, 15) is 9.59 Å². The van der Waals surface area contributed by atoms with Crippen molar-refractivity contribution in [2.24, 2.45) is 4.99 Å². The molecular weight excluding hydrogens is 364 g/mol. The van der Waals surface area contributed by atoms with E-state index in [-0.39, 0.29) is 23.8 Å². The molecule has 2 amide bonds. The maximum absolute atomic E-state index is 12.5. The van der Waals surface area contributed by atoms with Crippen molar-refractivity contribution in [1.82, 2.24) is 5.32 Å². The Morgan fingerprint density at radius 3 is 2.62 bits per heavy atom. The second kappa shape index (κ2) is 8.10. The lowest BCUT2D eigenvalue weighted by Crippen LogP contribution is -2.29. The first-order valence-electron chi connectivity index (χ1n) is 9.42. The van der Waals surface area contributed by atoms with Crippen LogP contribution in [-0.4, -0.2) is 23.6 Å². The Morgan fingerprint density at radius 2 is 1.86 bits per heavy atom. The van der Waals surface area contributed by atoms with E-state index in [0.29, 0.717) is 11.3 Å². The van der Waals surface area contributed by atoms with Crippen LogP contribution in [0, 0.1) is 0 Å². The maximum atomic E-state index is 12.5. The van der Waals surface area contributed by atoms with Gasteiger partial charge in [-0.05, 0) is 48.4 Å². The summed E-state index contributed by atoms with van der Waals surface area (Å²) >= 11 is 0. The van der Waals surface area contributed by atoms with Gasteiger partial charge in [0.15, 0.2) is 11.9 Å². The van der Waals surface area contributed by atoms with Gasteiger partial charge >= 0.3 is 5.91 Å². The van der Waals surface area contributed by atoms with Crippen LogP contribution in [-0.2, 0) is 9.53 Å². The highest BCUT2D eigenvalue weighted by Gasteiger charge is 2.26. The zero-order chi connectivity index (χ0) is 20.2. The first-order chi connectivity index (χ1) is 14.1. The molecule has 0 bridgehead atoms. The van der Waals surface area contributed by atoms with Crippen molar-refractivity contribution in [2.45, 2.75) is 19.1 Å². The number of nitrogens with one attached hydrogen (secondary N) is 1. The number of hydrogen-bond acceptors (Lipinski definition) is 3. The molecule has 2 aromatic carbocycles. The van der Waals surface area contributed by atoms with Crippen LogP contribution in [0.4, 0.5) is 0 Å². The second-order valence-corrected chi connectivity index (χ2v) is 6.86. The third-order valence-corrected chi connectivity index (χ3v) is 4.77. The van der Waals surface area contributed by atoms with Crippen LogP contribution in [0.5, 0.6) is 0 Å². The summed E-state index contributed by atoms with van der Waals surface area (Å²) in [6, 6.07) is 16.7. The summed E-state index contributed by atoms with van der Waals surface area (Å²) in [7, 11) is 0. The number of hydrogen-bond donors (Lipinski definition) is 1. The maximum Gasteiger partial charge on any atom is 0.312 e.